The Balaban J connectivity index is 2.93. The zero-order chi connectivity index (χ0) is 12.1. The number of allylic oxidation sites excluding steroid dienone is 1. The topological polar surface area (TPSA) is 34.1 Å². The molecule has 0 N–H and O–H groups in total. The van der Waals surface area contributed by atoms with Crippen molar-refractivity contribution in [1.82, 2.24) is 0 Å². The molecule has 84 valence electrons. The molecule has 1 rings (SSSR count). The van der Waals surface area contributed by atoms with Gasteiger partial charge < -0.3 is 0 Å². The number of benzene rings is 1. The average Bonchev–Trinajstić information content (AvgIpc) is 2.27. The second-order valence-electron chi connectivity index (χ2n) is 2.82. The van der Waals surface area contributed by atoms with Crippen molar-refractivity contribution in [3.63, 3.8) is 0 Å². The van der Waals surface area contributed by atoms with Crippen molar-refractivity contribution in [2.75, 3.05) is 6.26 Å². The zero-order valence-corrected chi connectivity index (χ0v) is 10.7. The predicted molar refractivity (Wildman–Crippen MR) is 69.0 cm³/mol. The van der Waals surface area contributed by atoms with Crippen LogP contribution in [0.2, 0.25) is 10.0 Å². The molecule has 0 aliphatic rings. The highest BCUT2D eigenvalue weighted by atomic mass is 35.5. The summed E-state index contributed by atoms with van der Waals surface area (Å²) in [6, 6.07) is 5.03. The summed E-state index contributed by atoms with van der Waals surface area (Å²) in [6.45, 7) is 0. The van der Waals surface area contributed by atoms with Crippen LogP contribution >= 0.6 is 35.0 Å². The Morgan fingerprint density at radius 2 is 1.81 bits per heavy atom. The fourth-order valence-electron chi connectivity index (χ4n) is 0.998. The van der Waals surface area contributed by atoms with E-state index in [9.17, 15) is 9.59 Å². The maximum Gasteiger partial charge on any atom is 0.259 e. The third-order valence-corrected chi connectivity index (χ3v) is 3.02. The molecule has 0 bridgehead atoms. The highest BCUT2D eigenvalue weighted by molar-refractivity contribution is 8.14. The fourth-order valence-corrected chi connectivity index (χ4v) is 1.79. The number of hydrogen-bond donors (Lipinski definition) is 0. The molecule has 0 aliphatic heterocycles. The summed E-state index contributed by atoms with van der Waals surface area (Å²) in [5.41, 5.74) is 0.535. The number of thioether (sulfide) groups is 1. The molecule has 16 heavy (non-hydrogen) atoms. The van der Waals surface area contributed by atoms with E-state index >= 15 is 0 Å². The molecule has 5 heteroatoms. The first-order valence-corrected chi connectivity index (χ1v) is 6.28. The molecule has 0 amide bonds. The lowest BCUT2D eigenvalue weighted by atomic mass is 10.2. The molecule has 0 heterocycles. The van der Waals surface area contributed by atoms with E-state index in [1.807, 2.05) is 0 Å². The van der Waals surface area contributed by atoms with Crippen LogP contribution in [-0.4, -0.2) is 17.2 Å². The lowest BCUT2D eigenvalue weighted by Gasteiger charge is -1.99. The quantitative estimate of drug-likeness (QED) is 0.625. The minimum Gasteiger partial charge on any atom is -0.285 e. The monoisotopic (exact) mass is 274 g/mol. The largest absolute Gasteiger partial charge is 0.285 e. The van der Waals surface area contributed by atoms with E-state index < -0.39 is 10.9 Å². The Morgan fingerprint density at radius 3 is 2.31 bits per heavy atom. The summed E-state index contributed by atoms with van der Waals surface area (Å²) in [4.78, 5) is 22.2. The van der Waals surface area contributed by atoms with Crippen molar-refractivity contribution in [2.24, 2.45) is 0 Å². The molecule has 2 nitrogen and oxygen atoms in total. The number of carbonyl (C=O) groups is 2. The Kier molecular flexibility index (Phi) is 5.06. The molecule has 1 aromatic rings. The van der Waals surface area contributed by atoms with Crippen LogP contribution in [0.25, 0.3) is 6.08 Å². The minimum absolute atomic E-state index is 0.438. The second kappa shape index (κ2) is 6.09. The van der Waals surface area contributed by atoms with Gasteiger partial charge in [0.15, 0.2) is 0 Å². The molecule has 0 saturated carbocycles. The first-order chi connectivity index (χ1) is 7.56. The third-order valence-electron chi connectivity index (χ3n) is 1.79. The van der Waals surface area contributed by atoms with Crippen LogP contribution in [0.4, 0.5) is 0 Å². The Bertz CT molecular complexity index is 435. The van der Waals surface area contributed by atoms with Crippen LogP contribution in [0.1, 0.15) is 5.56 Å². The lowest BCUT2D eigenvalue weighted by molar-refractivity contribution is -0.128. The van der Waals surface area contributed by atoms with Crippen LogP contribution in [0.5, 0.6) is 0 Å². The Hall–Kier alpha value is -0.770. The molecule has 0 aromatic heterocycles. The lowest BCUT2D eigenvalue weighted by Crippen LogP contribution is -2.04. The zero-order valence-electron chi connectivity index (χ0n) is 8.37. The Morgan fingerprint density at radius 1 is 1.25 bits per heavy atom. The van der Waals surface area contributed by atoms with Crippen molar-refractivity contribution >= 4 is 51.9 Å². The van der Waals surface area contributed by atoms with Crippen molar-refractivity contribution < 1.29 is 9.59 Å². The van der Waals surface area contributed by atoms with Crippen molar-refractivity contribution in [3.8, 4) is 0 Å². The van der Waals surface area contributed by atoms with Gasteiger partial charge in [-0.25, -0.2) is 0 Å². The molecule has 0 atom stereocenters. The Labute approximate surface area is 108 Å². The average molecular weight is 275 g/mol. The summed E-state index contributed by atoms with van der Waals surface area (Å²) >= 11 is 12.6. The van der Waals surface area contributed by atoms with Crippen LogP contribution in [0, 0.1) is 0 Å². The second-order valence-corrected chi connectivity index (χ2v) is 4.42. The van der Waals surface area contributed by atoms with Gasteiger partial charge in [0.25, 0.3) is 5.12 Å². The third kappa shape index (κ3) is 3.37. The first kappa shape index (κ1) is 13.3. The number of rotatable bonds is 3. The summed E-state index contributed by atoms with van der Waals surface area (Å²) in [7, 11) is 0. The van der Waals surface area contributed by atoms with E-state index in [0.29, 0.717) is 15.6 Å². The first-order valence-electron chi connectivity index (χ1n) is 4.30. The SMILES string of the molecule is CSC(=O)C(=O)/C=C/c1c(Cl)cccc1Cl. The summed E-state index contributed by atoms with van der Waals surface area (Å²) in [5, 5.41) is 0.362. The van der Waals surface area contributed by atoms with Gasteiger partial charge >= 0.3 is 0 Å². The van der Waals surface area contributed by atoms with E-state index in [-0.39, 0.29) is 0 Å². The van der Waals surface area contributed by atoms with Gasteiger partial charge in [0, 0.05) is 15.6 Å². The van der Waals surface area contributed by atoms with Crippen molar-refractivity contribution in [3.05, 3.63) is 39.9 Å². The standard InChI is InChI=1S/C11H8Cl2O2S/c1-16-11(15)10(14)6-5-7-8(12)3-2-4-9(7)13/h2-6H,1H3/b6-5+. The minimum atomic E-state index is -0.580. The number of ketones is 1. The van der Waals surface area contributed by atoms with E-state index in [0.717, 1.165) is 11.8 Å². The highest BCUT2D eigenvalue weighted by Gasteiger charge is 2.08. The van der Waals surface area contributed by atoms with Gasteiger partial charge in [-0.1, -0.05) is 41.0 Å². The van der Waals surface area contributed by atoms with E-state index in [4.69, 9.17) is 23.2 Å². The van der Waals surface area contributed by atoms with E-state index in [1.54, 1.807) is 24.5 Å². The van der Waals surface area contributed by atoms with Gasteiger partial charge in [-0.2, -0.15) is 0 Å². The summed E-state index contributed by atoms with van der Waals surface area (Å²) in [5.74, 6) is -0.580. The molecular weight excluding hydrogens is 267 g/mol. The molecule has 0 radical (unpaired) electrons. The van der Waals surface area contributed by atoms with Gasteiger partial charge in [-0.3, -0.25) is 9.59 Å². The van der Waals surface area contributed by atoms with Crippen LogP contribution in [0.3, 0.4) is 0 Å². The van der Waals surface area contributed by atoms with Gasteiger partial charge in [-0.05, 0) is 30.5 Å². The van der Waals surface area contributed by atoms with Gasteiger partial charge in [-0.15, -0.1) is 0 Å². The molecule has 0 saturated heterocycles. The molecule has 0 aliphatic carbocycles. The predicted octanol–water partition coefficient (Wildman–Crippen LogP) is 3.47. The molecular formula is C11H8Cl2O2S. The molecule has 0 fully saturated rings. The van der Waals surface area contributed by atoms with E-state index in [1.165, 1.54) is 12.2 Å². The highest BCUT2D eigenvalue weighted by Crippen LogP contribution is 2.25. The smallest absolute Gasteiger partial charge is 0.259 e. The van der Waals surface area contributed by atoms with Crippen LogP contribution in [-0.2, 0) is 9.59 Å². The van der Waals surface area contributed by atoms with Crippen LogP contribution in [0.15, 0.2) is 24.3 Å². The van der Waals surface area contributed by atoms with E-state index in [2.05, 4.69) is 0 Å². The van der Waals surface area contributed by atoms with Gasteiger partial charge in [0.2, 0.25) is 5.78 Å². The molecule has 0 unspecified atom stereocenters. The van der Waals surface area contributed by atoms with Crippen molar-refractivity contribution in [1.29, 1.82) is 0 Å². The maximum absolute atomic E-state index is 11.2. The number of halogens is 2. The number of hydrogen-bond acceptors (Lipinski definition) is 3. The van der Waals surface area contributed by atoms with Gasteiger partial charge in [0.05, 0.1) is 0 Å². The molecule has 0 spiro atoms. The summed E-state index contributed by atoms with van der Waals surface area (Å²) < 4.78 is 0. The normalized spacial score (nSPS) is 10.7. The summed E-state index contributed by atoms with van der Waals surface area (Å²) in [6.07, 6.45) is 4.17. The van der Waals surface area contributed by atoms with Crippen LogP contribution < -0.4 is 0 Å². The maximum atomic E-state index is 11.2. The van der Waals surface area contributed by atoms with Crippen molar-refractivity contribution in [2.45, 2.75) is 0 Å². The van der Waals surface area contributed by atoms with Gasteiger partial charge in [0.1, 0.15) is 0 Å². The molecule has 1 aromatic carbocycles. The number of carbonyl (C=O) groups excluding carboxylic acids is 2. The fraction of sp³-hybridized carbons (Fsp3) is 0.0909.